The largest absolute Gasteiger partial charge is 0.135 e. The van der Waals surface area contributed by atoms with Crippen LogP contribution in [0.4, 0.5) is 0 Å². The Balaban J connectivity index is 1.58. The summed E-state index contributed by atoms with van der Waals surface area (Å²) in [6.07, 6.45) is 0. The van der Waals surface area contributed by atoms with Crippen LogP contribution in [-0.2, 0) is 0 Å². The van der Waals surface area contributed by atoms with Crippen molar-refractivity contribution in [1.82, 2.24) is 0 Å². The molecule has 1 aromatic heterocycles. The van der Waals surface area contributed by atoms with Crippen molar-refractivity contribution in [3.05, 3.63) is 120 Å². The lowest BCUT2D eigenvalue weighted by atomic mass is 9.88. The predicted octanol–water partition coefficient (Wildman–Crippen LogP) is 8.37. The van der Waals surface area contributed by atoms with Gasteiger partial charge >= 0.3 is 0 Å². The summed E-state index contributed by atoms with van der Waals surface area (Å²) in [5.74, 6) is 0.281. The van der Waals surface area contributed by atoms with Gasteiger partial charge in [-0.3, -0.25) is 0 Å². The molecule has 1 aliphatic carbocycles. The van der Waals surface area contributed by atoms with E-state index in [1.807, 2.05) is 11.3 Å². The molecule has 140 valence electrons. The van der Waals surface area contributed by atoms with E-state index in [4.69, 9.17) is 0 Å². The van der Waals surface area contributed by atoms with Gasteiger partial charge in [0, 0.05) is 26.1 Å². The summed E-state index contributed by atoms with van der Waals surface area (Å²) < 4.78 is 2.75. The van der Waals surface area contributed by atoms with Crippen LogP contribution < -0.4 is 0 Å². The van der Waals surface area contributed by atoms with Gasteiger partial charge in [0.25, 0.3) is 0 Å². The summed E-state index contributed by atoms with van der Waals surface area (Å²) in [6.45, 7) is 0. The van der Waals surface area contributed by atoms with Crippen LogP contribution in [0.25, 0.3) is 42.1 Å². The normalized spacial score (nSPS) is 15.0. The Morgan fingerprint density at radius 3 is 2.33 bits per heavy atom. The second-order valence-corrected chi connectivity index (χ2v) is 9.21. The molecule has 0 N–H and O–H groups in total. The number of hydrogen-bond donors (Lipinski definition) is 0. The summed E-state index contributed by atoms with van der Waals surface area (Å²) in [7, 11) is 0. The van der Waals surface area contributed by atoms with E-state index in [0.717, 1.165) is 0 Å². The Hall–Kier alpha value is -3.42. The zero-order valence-corrected chi connectivity index (χ0v) is 17.1. The van der Waals surface area contributed by atoms with E-state index >= 15 is 0 Å². The summed E-state index contributed by atoms with van der Waals surface area (Å²) in [6, 6.07) is 38.1. The molecule has 0 spiro atoms. The second-order valence-electron chi connectivity index (χ2n) is 8.13. The molecule has 0 saturated carbocycles. The van der Waals surface area contributed by atoms with Crippen molar-refractivity contribution in [2.24, 2.45) is 0 Å². The van der Waals surface area contributed by atoms with Gasteiger partial charge in [0.15, 0.2) is 0 Å². The minimum atomic E-state index is 0.281. The van der Waals surface area contributed by atoms with Crippen molar-refractivity contribution < 1.29 is 0 Å². The molecule has 7 rings (SSSR count). The van der Waals surface area contributed by atoms with Crippen molar-refractivity contribution in [2.75, 3.05) is 0 Å². The van der Waals surface area contributed by atoms with Crippen LogP contribution in [0.1, 0.15) is 22.6 Å². The zero-order valence-electron chi connectivity index (χ0n) is 16.3. The number of rotatable bonds is 1. The topological polar surface area (TPSA) is 0 Å². The van der Waals surface area contributed by atoms with Crippen molar-refractivity contribution in [3.63, 3.8) is 0 Å². The average molecular weight is 399 g/mol. The van der Waals surface area contributed by atoms with Gasteiger partial charge in [-0.15, -0.1) is 11.3 Å². The molecule has 1 atom stereocenters. The van der Waals surface area contributed by atoms with E-state index in [9.17, 15) is 0 Å². The van der Waals surface area contributed by atoms with Crippen LogP contribution in [0, 0.1) is 0 Å². The van der Waals surface area contributed by atoms with Crippen LogP contribution in [0.3, 0.4) is 0 Å². The molecule has 0 radical (unpaired) electrons. The number of hydrogen-bond acceptors (Lipinski definition) is 1. The second kappa shape index (κ2) is 6.04. The maximum atomic E-state index is 2.38. The summed E-state index contributed by atoms with van der Waals surface area (Å²) in [5.41, 5.74) is 7.05. The molecule has 0 bridgehead atoms. The molecular weight excluding hydrogens is 380 g/mol. The third-order valence-electron chi connectivity index (χ3n) is 6.53. The molecule has 30 heavy (non-hydrogen) atoms. The first-order chi connectivity index (χ1) is 14.9. The van der Waals surface area contributed by atoms with Crippen LogP contribution in [-0.4, -0.2) is 0 Å². The highest BCUT2D eigenvalue weighted by molar-refractivity contribution is 7.25. The van der Waals surface area contributed by atoms with Gasteiger partial charge in [-0.1, -0.05) is 91.0 Å². The van der Waals surface area contributed by atoms with Crippen molar-refractivity contribution in [2.45, 2.75) is 5.92 Å². The SMILES string of the molecule is c1ccc2c(c1)-c1c(ccc3sc4ccccc4c13)C2c1ccc2ccccc2c1. The van der Waals surface area contributed by atoms with E-state index in [2.05, 4.69) is 103 Å². The number of benzene rings is 5. The molecular formula is C29H18S. The summed E-state index contributed by atoms with van der Waals surface area (Å²) >= 11 is 1.90. The highest BCUT2D eigenvalue weighted by Gasteiger charge is 2.32. The summed E-state index contributed by atoms with van der Waals surface area (Å²) in [4.78, 5) is 0. The van der Waals surface area contributed by atoms with E-state index < -0.39 is 0 Å². The van der Waals surface area contributed by atoms with E-state index in [1.54, 1.807) is 0 Å². The maximum absolute atomic E-state index is 2.38. The smallest absolute Gasteiger partial charge is 0.0361 e. The van der Waals surface area contributed by atoms with E-state index in [1.165, 1.54) is 58.8 Å². The molecule has 0 fully saturated rings. The third kappa shape index (κ3) is 2.16. The van der Waals surface area contributed by atoms with Gasteiger partial charge in [-0.25, -0.2) is 0 Å². The van der Waals surface area contributed by atoms with Gasteiger partial charge in [0.1, 0.15) is 0 Å². The highest BCUT2D eigenvalue weighted by Crippen LogP contribution is 2.53. The fourth-order valence-corrected chi connectivity index (χ4v) is 6.37. The minimum Gasteiger partial charge on any atom is -0.135 e. The average Bonchev–Trinajstić information content (AvgIpc) is 3.34. The van der Waals surface area contributed by atoms with Crippen molar-refractivity contribution >= 4 is 42.3 Å². The predicted molar refractivity (Wildman–Crippen MR) is 130 cm³/mol. The lowest BCUT2D eigenvalue weighted by molar-refractivity contribution is 1.02. The molecule has 1 heteroatoms. The van der Waals surface area contributed by atoms with Gasteiger partial charge in [-0.2, -0.15) is 0 Å². The standard InChI is InChI=1S/C29H18S/c1-2-8-19-17-20(14-13-18(19)7-1)27-21-9-3-4-10-22(21)28-24(27)15-16-26-29(28)23-11-5-6-12-25(23)30-26/h1-17,27H. The van der Waals surface area contributed by atoms with Crippen LogP contribution >= 0.6 is 11.3 Å². The Kier molecular flexibility index (Phi) is 3.30. The molecule has 0 nitrogen and oxygen atoms in total. The lowest BCUT2D eigenvalue weighted by Gasteiger charge is -2.15. The Bertz CT molecular complexity index is 1600. The summed E-state index contributed by atoms with van der Waals surface area (Å²) in [5, 5.41) is 5.40. The first kappa shape index (κ1) is 16.4. The van der Waals surface area contributed by atoms with Gasteiger partial charge in [-0.05, 0) is 50.7 Å². The van der Waals surface area contributed by atoms with Crippen LogP contribution in [0.5, 0.6) is 0 Å². The van der Waals surface area contributed by atoms with E-state index in [-0.39, 0.29) is 5.92 Å². The quantitative estimate of drug-likeness (QED) is 0.260. The fourth-order valence-electron chi connectivity index (χ4n) is 5.25. The molecule has 0 saturated heterocycles. The molecule has 5 aromatic carbocycles. The third-order valence-corrected chi connectivity index (χ3v) is 7.67. The Morgan fingerprint density at radius 2 is 1.37 bits per heavy atom. The van der Waals surface area contributed by atoms with Gasteiger partial charge in [0.2, 0.25) is 0 Å². The monoisotopic (exact) mass is 398 g/mol. The van der Waals surface area contributed by atoms with Gasteiger partial charge in [0.05, 0.1) is 0 Å². The van der Waals surface area contributed by atoms with Gasteiger partial charge < -0.3 is 0 Å². The zero-order chi connectivity index (χ0) is 19.7. The maximum Gasteiger partial charge on any atom is 0.0361 e. The highest BCUT2D eigenvalue weighted by atomic mass is 32.1. The molecule has 0 aliphatic heterocycles. The Morgan fingerprint density at radius 1 is 0.567 bits per heavy atom. The van der Waals surface area contributed by atoms with Crippen molar-refractivity contribution in [1.29, 1.82) is 0 Å². The van der Waals surface area contributed by atoms with E-state index in [0.29, 0.717) is 0 Å². The molecule has 1 heterocycles. The number of thiophene rings is 1. The molecule has 1 aliphatic rings. The minimum absolute atomic E-state index is 0.281. The lowest BCUT2D eigenvalue weighted by Crippen LogP contribution is -1.99. The van der Waals surface area contributed by atoms with Crippen molar-refractivity contribution in [3.8, 4) is 11.1 Å². The first-order valence-electron chi connectivity index (χ1n) is 10.4. The molecule has 1 unspecified atom stereocenters. The molecule has 6 aromatic rings. The first-order valence-corrected chi connectivity index (χ1v) is 11.2. The fraction of sp³-hybridized carbons (Fsp3) is 0.0345. The Labute approximate surface area is 179 Å². The van der Waals surface area contributed by atoms with Crippen LogP contribution in [0.2, 0.25) is 0 Å². The number of fused-ring (bicyclic) bond motifs is 8. The molecule has 0 amide bonds. The van der Waals surface area contributed by atoms with Crippen LogP contribution in [0.15, 0.2) is 103 Å².